The summed E-state index contributed by atoms with van der Waals surface area (Å²) in [4.78, 5) is 39.2. The predicted octanol–water partition coefficient (Wildman–Crippen LogP) is 3.25. The Labute approximate surface area is 208 Å². The average molecular weight is 488 g/mol. The fourth-order valence-electron chi connectivity index (χ4n) is 4.27. The number of benzene rings is 3. The van der Waals surface area contributed by atoms with E-state index in [0.717, 1.165) is 22.3 Å². The van der Waals surface area contributed by atoms with Gasteiger partial charge in [-0.05, 0) is 48.7 Å². The summed E-state index contributed by atoms with van der Waals surface area (Å²) in [6.45, 7) is 4.34. The van der Waals surface area contributed by atoms with Crippen molar-refractivity contribution in [3.05, 3.63) is 103 Å². The molecule has 4 rings (SSSR count). The van der Waals surface area contributed by atoms with Crippen molar-refractivity contribution < 1.29 is 14.3 Å². The Morgan fingerprint density at radius 1 is 0.861 bits per heavy atom. The highest BCUT2D eigenvalue weighted by atomic mass is 16.5. The molecule has 1 aromatic heterocycles. The highest BCUT2D eigenvalue weighted by Crippen LogP contribution is 2.30. The first-order chi connectivity index (χ1) is 17.3. The molecule has 0 unspecified atom stereocenters. The molecular weight excluding hydrogens is 458 g/mol. The number of carbonyl (C=O) groups excluding carboxylic acids is 1. The van der Waals surface area contributed by atoms with Gasteiger partial charge in [-0.25, -0.2) is 4.79 Å². The molecule has 0 fully saturated rings. The normalized spacial score (nSPS) is 10.9. The number of rotatable bonds is 7. The van der Waals surface area contributed by atoms with Gasteiger partial charge in [-0.3, -0.25) is 18.7 Å². The maximum absolute atomic E-state index is 13.8. The molecule has 0 saturated carbocycles. The maximum Gasteiger partial charge on any atom is 0.332 e. The molecule has 0 aliphatic carbocycles. The van der Waals surface area contributed by atoms with Gasteiger partial charge in [0.15, 0.2) is 11.5 Å². The lowest BCUT2D eigenvalue weighted by atomic mass is 10.1. The quantitative estimate of drug-likeness (QED) is 0.432. The zero-order valence-corrected chi connectivity index (χ0v) is 21.0. The zero-order chi connectivity index (χ0) is 26.0. The second-order valence-electron chi connectivity index (χ2n) is 8.69. The van der Waals surface area contributed by atoms with Crippen LogP contribution in [0, 0.1) is 13.8 Å². The minimum Gasteiger partial charge on any atom is -0.493 e. The van der Waals surface area contributed by atoms with Gasteiger partial charge in [0.2, 0.25) is 0 Å². The third-order valence-electron chi connectivity index (χ3n) is 6.35. The van der Waals surface area contributed by atoms with E-state index in [-0.39, 0.29) is 19.0 Å². The van der Waals surface area contributed by atoms with Gasteiger partial charge in [0.25, 0.3) is 11.5 Å². The molecule has 0 radical (unpaired) electrons. The monoisotopic (exact) mass is 487 g/mol. The molecule has 0 atom stereocenters. The Hall–Kier alpha value is -4.33. The molecule has 4 aromatic rings. The van der Waals surface area contributed by atoms with Gasteiger partial charge in [-0.2, -0.15) is 0 Å². The molecule has 0 aliphatic heterocycles. The second-order valence-corrected chi connectivity index (χ2v) is 8.69. The number of carbonyl (C=O) groups is 1. The smallest absolute Gasteiger partial charge is 0.332 e. The lowest BCUT2D eigenvalue weighted by molar-refractivity contribution is 0.0963. The molecule has 8 nitrogen and oxygen atoms in total. The third kappa shape index (κ3) is 4.62. The van der Waals surface area contributed by atoms with Crippen molar-refractivity contribution in [2.75, 3.05) is 21.3 Å². The fraction of sp³-hybridized carbons (Fsp3) is 0.250. The number of aryl methyl sites for hydroxylation is 2. The molecule has 36 heavy (non-hydrogen) atoms. The first kappa shape index (κ1) is 24.8. The number of fused-ring (bicyclic) bond motifs is 1. The Morgan fingerprint density at radius 3 is 2.17 bits per heavy atom. The molecule has 1 heterocycles. The van der Waals surface area contributed by atoms with Crippen molar-refractivity contribution in [2.45, 2.75) is 26.9 Å². The maximum atomic E-state index is 13.8. The lowest BCUT2D eigenvalue weighted by Gasteiger charge is -2.17. The van der Waals surface area contributed by atoms with Crippen LogP contribution in [0.4, 0.5) is 0 Å². The van der Waals surface area contributed by atoms with Gasteiger partial charge in [-0.15, -0.1) is 0 Å². The van der Waals surface area contributed by atoms with E-state index in [9.17, 15) is 14.4 Å². The fourth-order valence-corrected chi connectivity index (χ4v) is 4.27. The molecule has 0 aliphatic rings. The molecule has 8 heteroatoms. The summed E-state index contributed by atoms with van der Waals surface area (Å²) < 4.78 is 13.7. The highest BCUT2D eigenvalue weighted by molar-refractivity contribution is 5.93. The zero-order valence-electron chi connectivity index (χ0n) is 21.0. The summed E-state index contributed by atoms with van der Waals surface area (Å²) in [5, 5.41) is 2.93. The van der Waals surface area contributed by atoms with Crippen LogP contribution in [0.25, 0.3) is 10.9 Å². The van der Waals surface area contributed by atoms with Crippen molar-refractivity contribution in [1.82, 2.24) is 14.5 Å². The molecule has 0 spiro atoms. The van der Waals surface area contributed by atoms with Crippen LogP contribution in [0.5, 0.6) is 11.5 Å². The molecule has 186 valence electrons. The topological polar surface area (TPSA) is 91.6 Å². The third-order valence-corrected chi connectivity index (χ3v) is 6.35. The summed E-state index contributed by atoms with van der Waals surface area (Å²) in [7, 11) is 4.58. The summed E-state index contributed by atoms with van der Waals surface area (Å²) >= 11 is 0. The van der Waals surface area contributed by atoms with Gasteiger partial charge >= 0.3 is 5.69 Å². The summed E-state index contributed by atoms with van der Waals surface area (Å²) in [6, 6.07) is 16.2. The van der Waals surface area contributed by atoms with Crippen molar-refractivity contribution in [3.8, 4) is 11.5 Å². The lowest BCUT2D eigenvalue weighted by Crippen LogP contribution is -2.40. The van der Waals surface area contributed by atoms with Gasteiger partial charge < -0.3 is 14.8 Å². The summed E-state index contributed by atoms with van der Waals surface area (Å²) in [6.07, 6.45) is 0. The summed E-state index contributed by atoms with van der Waals surface area (Å²) in [5.74, 6) is 0.628. The van der Waals surface area contributed by atoms with Gasteiger partial charge in [0.1, 0.15) is 0 Å². The van der Waals surface area contributed by atoms with Crippen molar-refractivity contribution >= 4 is 16.8 Å². The van der Waals surface area contributed by atoms with Crippen LogP contribution >= 0.6 is 0 Å². The van der Waals surface area contributed by atoms with Crippen LogP contribution in [0.1, 0.15) is 32.6 Å². The Balaban J connectivity index is 1.93. The second kappa shape index (κ2) is 10.1. The minimum absolute atomic E-state index is 0.0583. The number of nitrogens with zero attached hydrogens (tertiary/aromatic N) is 2. The standard InChI is InChI=1S/C28H29N3O5/c1-17-6-7-18(2)21(12-17)16-30-23-14-25(36-5)24(35-4)13-22(23)27(33)31(28(30)34)15-19-8-10-20(11-9-19)26(32)29-3/h6-14H,15-16H2,1-5H3,(H,29,32). The Bertz CT molecular complexity index is 1570. The molecule has 0 bridgehead atoms. The van der Waals surface area contributed by atoms with Gasteiger partial charge in [0, 0.05) is 18.7 Å². The predicted molar refractivity (Wildman–Crippen MR) is 140 cm³/mol. The van der Waals surface area contributed by atoms with Gasteiger partial charge in [-0.1, -0.05) is 35.9 Å². The van der Waals surface area contributed by atoms with E-state index >= 15 is 0 Å². The number of hydrogen-bond donors (Lipinski definition) is 1. The molecule has 0 saturated heterocycles. The number of hydrogen-bond acceptors (Lipinski definition) is 5. The number of nitrogens with one attached hydrogen (secondary N) is 1. The Kier molecular flexibility index (Phi) is 6.96. The van der Waals surface area contributed by atoms with E-state index in [1.54, 1.807) is 48.0 Å². The number of amides is 1. The van der Waals surface area contributed by atoms with E-state index < -0.39 is 11.2 Å². The Morgan fingerprint density at radius 2 is 1.53 bits per heavy atom. The molecular formula is C28H29N3O5. The van der Waals surface area contributed by atoms with Crippen LogP contribution < -0.4 is 26.0 Å². The van der Waals surface area contributed by atoms with Crippen molar-refractivity contribution in [1.29, 1.82) is 0 Å². The van der Waals surface area contributed by atoms with E-state index in [4.69, 9.17) is 9.47 Å². The van der Waals surface area contributed by atoms with E-state index in [0.29, 0.717) is 28.0 Å². The SMILES string of the molecule is CNC(=O)c1ccc(Cn2c(=O)c3cc(OC)c(OC)cc3n(Cc3cc(C)ccc3C)c2=O)cc1. The minimum atomic E-state index is -0.434. The van der Waals surface area contributed by atoms with Crippen LogP contribution in [0.15, 0.2) is 64.2 Å². The van der Waals surface area contributed by atoms with E-state index in [1.807, 2.05) is 32.0 Å². The first-order valence-corrected chi connectivity index (χ1v) is 11.5. The van der Waals surface area contributed by atoms with Crippen molar-refractivity contribution in [2.24, 2.45) is 0 Å². The summed E-state index contributed by atoms with van der Waals surface area (Å²) in [5.41, 5.74) is 3.93. The highest BCUT2D eigenvalue weighted by Gasteiger charge is 2.18. The van der Waals surface area contributed by atoms with Crippen LogP contribution in [-0.4, -0.2) is 36.3 Å². The average Bonchev–Trinajstić information content (AvgIpc) is 2.90. The largest absolute Gasteiger partial charge is 0.493 e. The van der Waals surface area contributed by atoms with Crippen LogP contribution in [-0.2, 0) is 13.1 Å². The molecule has 1 amide bonds. The van der Waals surface area contributed by atoms with Gasteiger partial charge in [0.05, 0.1) is 38.2 Å². The molecule has 1 N–H and O–H groups in total. The first-order valence-electron chi connectivity index (χ1n) is 11.5. The van der Waals surface area contributed by atoms with Crippen LogP contribution in [0.3, 0.4) is 0 Å². The van der Waals surface area contributed by atoms with E-state index in [2.05, 4.69) is 5.32 Å². The number of aromatic nitrogens is 2. The van der Waals surface area contributed by atoms with E-state index in [1.165, 1.54) is 18.8 Å². The van der Waals surface area contributed by atoms with Crippen molar-refractivity contribution in [3.63, 3.8) is 0 Å². The number of ether oxygens (including phenoxy) is 2. The molecule has 3 aromatic carbocycles. The number of methoxy groups -OCH3 is 2. The van der Waals surface area contributed by atoms with Crippen LogP contribution in [0.2, 0.25) is 0 Å².